The van der Waals surface area contributed by atoms with E-state index in [1.807, 2.05) is 0 Å². The third-order valence-corrected chi connectivity index (χ3v) is 3.67. The van der Waals surface area contributed by atoms with E-state index in [4.69, 9.17) is 0 Å². The van der Waals surface area contributed by atoms with Gasteiger partial charge in [-0.15, -0.1) is 0 Å². The quantitative estimate of drug-likeness (QED) is 0.697. The number of amides is 1. The summed E-state index contributed by atoms with van der Waals surface area (Å²) in [5, 5.41) is 6.49. The van der Waals surface area contributed by atoms with Crippen molar-refractivity contribution in [3.63, 3.8) is 0 Å². The molecule has 0 saturated carbocycles. The normalized spacial score (nSPS) is 34.7. The number of carbonyl (C=O) groups is 1. The number of allylic oxidation sites excluding steroid dienone is 1. The zero-order chi connectivity index (χ0) is 11.4. The number of rotatable bonds is 2. The van der Waals surface area contributed by atoms with Gasteiger partial charge < -0.3 is 10.6 Å². The fourth-order valence-electron chi connectivity index (χ4n) is 2.62. The molecule has 1 aliphatic heterocycles. The van der Waals surface area contributed by atoms with Gasteiger partial charge >= 0.3 is 0 Å². The molecule has 3 unspecified atom stereocenters. The minimum Gasteiger partial charge on any atom is -0.352 e. The maximum absolute atomic E-state index is 12.1. The maximum Gasteiger partial charge on any atom is 0.237 e. The molecule has 0 bridgehead atoms. The Balaban J connectivity index is 1.84. The van der Waals surface area contributed by atoms with Crippen LogP contribution in [0.1, 0.15) is 39.0 Å². The number of nitrogens with one attached hydrogen (secondary N) is 2. The van der Waals surface area contributed by atoms with E-state index < -0.39 is 0 Å². The molecule has 90 valence electrons. The van der Waals surface area contributed by atoms with E-state index in [1.54, 1.807) is 0 Å². The minimum absolute atomic E-state index is 0.0275. The summed E-state index contributed by atoms with van der Waals surface area (Å²) in [5.74, 6) is 0.667. The van der Waals surface area contributed by atoms with Crippen molar-refractivity contribution in [2.45, 2.75) is 51.1 Å². The molecular weight excluding hydrogens is 200 g/mol. The lowest BCUT2D eigenvalue weighted by molar-refractivity contribution is -0.125. The van der Waals surface area contributed by atoms with Crippen LogP contribution in [0.2, 0.25) is 0 Å². The predicted octanol–water partition coefficient (Wildman–Crippen LogP) is 1.60. The van der Waals surface area contributed by atoms with Gasteiger partial charge in [0, 0.05) is 6.04 Å². The molecule has 0 spiro atoms. The fourth-order valence-corrected chi connectivity index (χ4v) is 2.62. The van der Waals surface area contributed by atoms with Crippen molar-refractivity contribution in [3.05, 3.63) is 12.2 Å². The van der Waals surface area contributed by atoms with E-state index in [1.165, 1.54) is 6.42 Å². The molecule has 0 aromatic heterocycles. The molecule has 1 fully saturated rings. The van der Waals surface area contributed by atoms with Gasteiger partial charge in [0.1, 0.15) is 0 Å². The summed E-state index contributed by atoms with van der Waals surface area (Å²) in [5.41, 5.74) is 0. The fraction of sp³-hybridized carbons (Fsp3) is 0.769. The lowest BCUT2D eigenvalue weighted by atomic mass is 9.91. The van der Waals surface area contributed by atoms with Crippen LogP contribution in [-0.2, 0) is 4.79 Å². The summed E-state index contributed by atoms with van der Waals surface area (Å²) in [6.45, 7) is 3.14. The van der Waals surface area contributed by atoms with E-state index in [-0.39, 0.29) is 11.9 Å². The van der Waals surface area contributed by atoms with Crippen LogP contribution in [-0.4, -0.2) is 24.5 Å². The van der Waals surface area contributed by atoms with Crippen LogP contribution in [0.4, 0.5) is 0 Å². The van der Waals surface area contributed by atoms with Gasteiger partial charge in [-0.05, 0) is 44.6 Å². The first-order valence-electron chi connectivity index (χ1n) is 6.46. The Hall–Kier alpha value is -0.830. The second-order valence-electron chi connectivity index (χ2n) is 5.04. The molecule has 1 amide bonds. The van der Waals surface area contributed by atoms with Crippen molar-refractivity contribution in [1.82, 2.24) is 10.6 Å². The van der Waals surface area contributed by atoms with Gasteiger partial charge in [0.05, 0.1) is 6.04 Å². The van der Waals surface area contributed by atoms with Crippen LogP contribution in [0.25, 0.3) is 0 Å². The van der Waals surface area contributed by atoms with Crippen molar-refractivity contribution in [2.75, 3.05) is 6.54 Å². The molecule has 0 aromatic rings. The average molecular weight is 222 g/mol. The summed E-state index contributed by atoms with van der Waals surface area (Å²) in [4.78, 5) is 12.1. The Kier molecular flexibility index (Phi) is 3.99. The molecule has 2 N–H and O–H groups in total. The van der Waals surface area contributed by atoms with E-state index in [9.17, 15) is 4.79 Å². The van der Waals surface area contributed by atoms with Crippen molar-refractivity contribution in [3.8, 4) is 0 Å². The molecule has 2 rings (SSSR count). The van der Waals surface area contributed by atoms with Crippen LogP contribution in [0.15, 0.2) is 12.2 Å². The Labute approximate surface area is 97.7 Å². The molecule has 3 heteroatoms. The monoisotopic (exact) mass is 222 g/mol. The minimum atomic E-state index is 0.0275. The second-order valence-corrected chi connectivity index (χ2v) is 5.04. The smallest absolute Gasteiger partial charge is 0.237 e. The number of hydrogen-bond donors (Lipinski definition) is 2. The summed E-state index contributed by atoms with van der Waals surface area (Å²) >= 11 is 0. The van der Waals surface area contributed by atoms with Gasteiger partial charge in [-0.1, -0.05) is 19.1 Å². The molecule has 1 heterocycles. The summed E-state index contributed by atoms with van der Waals surface area (Å²) in [6.07, 6.45) is 9.90. The first-order chi connectivity index (χ1) is 7.77. The highest BCUT2D eigenvalue weighted by Gasteiger charge is 2.28. The Morgan fingerprint density at radius 1 is 1.38 bits per heavy atom. The highest BCUT2D eigenvalue weighted by molar-refractivity contribution is 5.82. The maximum atomic E-state index is 12.1. The molecule has 1 saturated heterocycles. The van der Waals surface area contributed by atoms with Crippen LogP contribution in [0.5, 0.6) is 0 Å². The zero-order valence-electron chi connectivity index (χ0n) is 10.0. The van der Waals surface area contributed by atoms with Gasteiger partial charge in [0.15, 0.2) is 0 Å². The van der Waals surface area contributed by atoms with Gasteiger partial charge in [0.25, 0.3) is 0 Å². The van der Waals surface area contributed by atoms with Gasteiger partial charge in [-0.25, -0.2) is 0 Å². The first kappa shape index (κ1) is 11.6. The Morgan fingerprint density at radius 3 is 2.94 bits per heavy atom. The molecule has 3 atom stereocenters. The van der Waals surface area contributed by atoms with Gasteiger partial charge in [-0.3, -0.25) is 4.79 Å². The third-order valence-electron chi connectivity index (χ3n) is 3.67. The zero-order valence-corrected chi connectivity index (χ0v) is 10.0. The Bertz CT molecular complexity index is 275. The van der Waals surface area contributed by atoms with E-state index in [2.05, 4.69) is 29.7 Å². The molecule has 16 heavy (non-hydrogen) atoms. The second kappa shape index (κ2) is 5.48. The molecule has 1 aliphatic carbocycles. The average Bonchev–Trinajstić information content (AvgIpc) is 2.31. The SMILES string of the molecule is CC1CCCNC1C(=O)NC1CC=CCC1. The Morgan fingerprint density at radius 2 is 2.25 bits per heavy atom. The van der Waals surface area contributed by atoms with Crippen molar-refractivity contribution in [1.29, 1.82) is 0 Å². The lowest BCUT2D eigenvalue weighted by Crippen LogP contribution is -2.53. The molecular formula is C13H22N2O. The number of piperidine rings is 1. The van der Waals surface area contributed by atoms with Crippen molar-refractivity contribution >= 4 is 5.91 Å². The molecule has 3 nitrogen and oxygen atoms in total. The summed E-state index contributed by atoms with van der Waals surface area (Å²) in [6, 6.07) is 0.382. The topological polar surface area (TPSA) is 41.1 Å². The number of hydrogen-bond acceptors (Lipinski definition) is 2. The molecule has 0 aromatic carbocycles. The van der Waals surface area contributed by atoms with Crippen LogP contribution in [0.3, 0.4) is 0 Å². The number of carbonyl (C=O) groups excluding carboxylic acids is 1. The molecule has 0 radical (unpaired) electrons. The highest BCUT2D eigenvalue weighted by Crippen LogP contribution is 2.17. The van der Waals surface area contributed by atoms with Crippen LogP contribution in [0, 0.1) is 5.92 Å². The summed E-state index contributed by atoms with van der Waals surface area (Å²) in [7, 11) is 0. The van der Waals surface area contributed by atoms with Gasteiger partial charge in [0.2, 0.25) is 5.91 Å². The van der Waals surface area contributed by atoms with Gasteiger partial charge in [-0.2, -0.15) is 0 Å². The third kappa shape index (κ3) is 2.85. The van der Waals surface area contributed by atoms with Crippen LogP contribution >= 0.6 is 0 Å². The largest absolute Gasteiger partial charge is 0.352 e. The van der Waals surface area contributed by atoms with E-state index >= 15 is 0 Å². The van der Waals surface area contributed by atoms with E-state index in [0.29, 0.717) is 12.0 Å². The summed E-state index contributed by atoms with van der Waals surface area (Å²) < 4.78 is 0. The molecule has 2 aliphatic rings. The van der Waals surface area contributed by atoms with Crippen molar-refractivity contribution in [2.24, 2.45) is 5.92 Å². The highest BCUT2D eigenvalue weighted by atomic mass is 16.2. The lowest BCUT2D eigenvalue weighted by Gasteiger charge is -2.31. The first-order valence-corrected chi connectivity index (χ1v) is 6.46. The predicted molar refractivity (Wildman–Crippen MR) is 65.1 cm³/mol. The van der Waals surface area contributed by atoms with E-state index in [0.717, 1.165) is 32.2 Å². The van der Waals surface area contributed by atoms with Crippen LogP contribution < -0.4 is 10.6 Å². The van der Waals surface area contributed by atoms with Crippen molar-refractivity contribution < 1.29 is 4.79 Å². The standard InChI is InChI=1S/C13H22N2O/c1-10-6-5-9-14-12(10)13(16)15-11-7-3-2-4-8-11/h2-3,10-12,14H,4-9H2,1H3,(H,15,16).